The predicted octanol–water partition coefficient (Wildman–Crippen LogP) is 1.48. The molecular weight excluding hydrogens is 138 g/mol. The average molecular weight is 153 g/mol. The summed E-state index contributed by atoms with van der Waals surface area (Å²) in [6.07, 6.45) is 7.32. The first kappa shape index (κ1) is 8.31. The van der Waals surface area contributed by atoms with E-state index in [1.807, 2.05) is 0 Å². The van der Waals surface area contributed by atoms with Crippen LogP contribution in [0.5, 0.6) is 0 Å². The number of amides is 1. The van der Waals surface area contributed by atoms with E-state index in [0.717, 1.165) is 13.0 Å². The molecule has 2 nitrogen and oxygen atoms in total. The topological polar surface area (TPSA) is 29.1 Å². The van der Waals surface area contributed by atoms with Crippen LogP contribution in [0, 0.1) is 5.92 Å². The molecule has 0 aromatic rings. The number of nitrogens with one attached hydrogen (secondary N) is 1. The van der Waals surface area contributed by atoms with E-state index < -0.39 is 0 Å². The Kier molecular flexibility index (Phi) is 3.14. The highest BCUT2D eigenvalue weighted by molar-refractivity contribution is 5.78. The highest BCUT2D eigenvalue weighted by Gasteiger charge is 2.17. The minimum absolute atomic E-state index is 0.191. The number of rotatable bonds is 3. The Balaban J connectivity index is 2.22. The lowest BCUT2D eigenvalue weighted by Gasteiger charge is -1.96. The zero-order valence-electron chi connectivity index (χ0n) is 6.97. The molecule has 1 saturated heterocycles. The maximum absolute atomic E-state index is 10.7. The Hall–Kier alpha value is -0.790. The molecule has 0 saturated carbocycles. The van der Waals surface area contributed by atoms with Crippen LogP contribution >= 0.6 is 0 Å². The first-order chi connectivity index (χ1) is 5.33. The van der Waals surface area contributed by atoms with E-state index >= 15 is 0 Å². The summed E-state index contributed by atoms with van der Waals surface area (Å²) in [5.41, 5.74) is 0. The third-order valence-electron chi connectivity index (χ3n) is 1.87. The third-order valence-corrected chi connectivity index (χ3v) is 1.87. The van der Waals surface area contributed by atoms with Crippen molar-refractivity contribution in [2.45, 2.75) is 26.2 Å². The van der Waals surface area contributed by atoms with Gasteiger partial charge in [0.15, 0.2) is 0 Å². The van der Waals surface area contributed by atoms with Crippen LogP contribution in [0.1, 0.15) is 26.2 Å². The smallest absolute Gasteiger partial charge is 0.220 e. The lowest BCUT2D eigenvalue weighted by molar-refractivity contribution is -0.119. The Labute approximate surface area is 67.7 Å². The van der Waals surface area contributed by atoms with E-state index in [-0.39, 0.29) is 5.91 Å². The third kappa shape index (κ3) is 2.74. The molecule has 0 aromatic carbocycles. The molecule has 11 heavy (non-hydrogen) atoms. The zero-order chi connectivity index (χ0) is 8.10. The maximum atomic E-state index is 10.7. The molecule has 62 valence electrons. The summed E-state index contributed by atoms with van der Waals surface area (Å²) in [6, 6.07) is 0. The highest BCUT2D eigenvalue weighted by atomic mass is 16.1. The van der Waals surface area contributed by atoms with Gasteiger partial charge >= 0.3 is 0 Å². The van der Waals surface area contributed by atoms with Crippen LogP contribution in [0.2, 0.25) is 0 Å². The van der Waals surface area contributed by atoms with Gasteiger partial charge in [-0.15, -0.1) is 0 Å². The van der Waals surface area contributed by atoms with Crippen LogP contribution < -0.4 is 5.32 Å². The van der Waals surface area contributed by atoms with Crippen LogP contribution in [0.4, 0.5) is 0 Å². The van der Waals surface area contributed by atoms with Crippen LogP contribution in [-0.4, -0.2) is 12.5 Å². The molecule has 1 aliphatic heterocycles. The second-order valence-electron chi connectivity index (χ2n) is 2.99. The SMILES string of the molecule is CCC/C=C/C1CNC(=O)C1. The molecule has 1 fully saturated rings. The van der Waals surface area contributed by atoms with Gasteiger partial charge in [0.2, 0.25) is 5.91 Å². The van der Waals surface area contributed by atoms with Gasteiger partial charge in [0.05, 0.1) is 0 Å². The molecule has 1 unspecified atom stereocenters. The van der Waals surface area contributed by atoms with Crippen molar-refractivity contribution in [3.05, 3.63) is 12.2 Å². The molecule has 1 rings (SSSR count). The summed E-state index contributed by atoms with van der Waals surface area (Å²) in [6.45, 7) is 2.99. The standard InChI is InChI=1S/C9H15NO/c1-2-3-4-5-8-6-9(11)10-7-8/h4-5,8H,2-3,6-7H2,1H3,(H,10,11)/b5-4+. The van der Waals surface area contributed by atoms with Crippen LogP contribution in [0.25, 0.3) is 0 Å². The fraction of sp³-hybridized carbons (Fsp3) is 0.667. The average Bonchev–Trinajstić information content (AvgIpc) is 2.37. The molecule has 0 aliphatic carbocycles. The van der Waals surface area contributed by atoms with E-state index in [0.29, 0.717) is 12.3 Å². The van der Waals surface area contributed by atoms with Crippen molar-refractivity contribution < 1.29 is 4.79 Å². The van der Waals surface area contributed by atoms with E-state index in [1.165, 1.54) is 6.42 Å². The van der Waals surface area contributed by atoms with E-state index in [1.54, 1.807) is 0 Å². The van der Waals surface area contributed by atoms with Crippen molar-refractivity contribution in [3.8, 4) is 0 Å². The summed E-state index contributed by atoms with van der Waals surface area (Å²) in [7, 11) is 0. The molecule has 0 spiro atoms. The molecule has 1 atom stereocenters. The fourth-order valence-corrected chi connectivity index (χ4v) is 1.22. The number of carbonyl (C=O) groups is 1. The monoisotopic (exact) mass is 153 g/mol. The van der Waals surface area contributed by atoms with Gasteiger partial charge < -0.3 is 5.32 Å². The number of hydrogen-bond acceptors (Lipinski definition) is 1. The summed E-state index contributed by atoms with van der Waals surface area (Å²) in [5, 5.41) is 2.81. The quantitative estimate of drug-likeness (QED) is 0.611. The first-order valence-electron chi connectivity index (χ1n) is 4.26. The minimum Gasteiger partial charge on any atom is -0.355 e. The van der Waals surface area contributed by atoms with Crippen LogP contribution in [-0.2, 0) is 4.79 Å². The van der Waals surface area contributed by atoms with Gasteiger partial charge in [-0.1, -0.05) is 25.5 Å². The van der Waals surface area contributed by atoms with Crippen molar-refractivity contribution in [2.75, 3.05) is 6.54 Å². The summed E-state index contributed by atoms with van der Waals surface area (Å²) in [5.74, 6) is 0.644. The Morgan fingerprint density at radius 2 is 2.55 bits per heavy atom. The molecule has 1 amide bonds. The van der Waals surface area contributed by atoms with Crippen molar-refractivity contribution in [1.29, 1.82) is 0 Å². The van der Waals surface area contributed by atoms with Crippen molar-refractivity contribution in [2.24, 2.45) is 5.92 Å². The van der Waals surface area contributed by atoms with E-state index in [2.05, 4.69) is 24.4 Å². The van der Waals surface area contributed by atoms with Gasteiger partial charge in [-0.3, -0.25) is 4.79 Å². The molecule has 2 heteroatoms. The van der Waals surface area contributed by atoms with Gasteiger partial charge in [-0.05, 0) is 6.42 Å². The fourth-order valence-electron chi connectivity index (χ4n) is 1.22. The van der Waals surface area contributed by atoms with E-state index in [4.69, 9.17) is 0 Å². The second-order valence-corrected chi connectivity index (χ2v) is 2.99. The number of unbranched alkanes of at least 4 members (excludes halogenated alkanes) is 1. The second kappa shape index (κ2) is 4.16. The van der Waals surface area contributed by atoms with Gasteiger partial charge in [0.25, 0.3) is 0 Å². The lowest BCUT2D eigenvalue weighted by atomic mass is 10.1. The molecular formula is C9H15NO. The van der Waals surface area contributed by atoms with E-state index in [9.17, 15) is 4.79 Å². The maximum Gasteiger partial charge on any atom is 0.220 e. The summed E-state index contributed by atoms with van der Waals surface area (Å²) >= 11 is 0. The summed E-state index contributed by atoms with van der Waals surface area (Å²) < 4.78 is 0. The van der Waals surface area contributed by atoms with Crippen molar-refractivity contribution in [3.63, 3.8) is 0 Å². The van der Waals surface area contributed by atoms with Crippen LogP contribution in [0.15, 0.2) is 12.2 Å². The van der Waals surface area contributed by atoms with Gasteiger partial charge in [-0.25, -0.2) is 0 Å². The molecule has 0 bridgehead atoms. The molecule has 0 aromatic heterocycles. The Morgan fingerprint density at radius 3 is 3.09 bits per heavy atom. The zero-order valence-corrected chi connectivity index (χ0v) is 6.97. The Morgan fingerprint density at radius 1 is 1.73 bits per heavy atom. The van der Waals surface area contributed by atoms with Gasteiger partial charge in [0.1, 0.15) is 0 Å². The molecule has 1 N–H and O–H groups in total. The van der Waals surface area contributed by atoms with Gasteiger partial charge in [-0.2, -0.15) is 0 Å². The number of allylic oxidation sites excluding steroid dienone is 1. The van der Waals surface area contributed by atoms with Gasteiger partial charge in [0, 0.05) is 18.9 Å². The molecule has 1 aliphatic rings. The summed E-state index contributed by atoms with van der Waals surface area (Å²) in [4.78, 5) is 10.7. The van der Waals surface area contributed by atoms with Crippen LogP contribution in [0.3, 0.4) is 0 Å². The largest absolute Gasteiger partial charge is 0.355 e. The lowest BCUT2D eigenvalue weighted by Crippen LogP contribution is -2.13. The molecule has 0 radical (unpaired) electrons. The highest BCUT2D eigenvalue weighted by Crippen LogP contribution is 2.10. The van der Waals surface area contributed by atoms with Crippen molar-refractivity contribution in [1.82, 2.24) is 5.32 Å². The van der Waals surface area contributed by atoms with Crippen molar-refractivity contribution >= 4 is 5.91 Å². The number of carbonyl (C=O) groups excluding carboxylic acids is 1. The number of hydrogen-bond donors (Lipinski definition) is 1. The first-order valence-corrected chi connectivity index (χ1v) is 4.26. The minimum atomic E-state index is 0.191. The molecule has 1 heterocycles. The Bertz CT molecular complexity index is 163. The normalized spacial score (nSPS) is 24.5. The predicted molar refractivity (Wildman–Crippen MR) is 45.2 cm³/mol.